The minimum absolute atomic E-state index is 0. The van der Waals surface area contributed by atoms with Crippen LogP contribution in [0.25, 0.3) is 0 Å². The lowest BCUT2D eigenvalue weighted by Crippen LogP contribution is -2.06. The summed E-state index contributed by atoms with van der Waals surface area (Å²) in [6.07, 6.45) is 1.90. The predicted molar refractivity (Wildman–Crippen MR) is 55.9 cm³/mol. The third-order valence-electron chi connectivity index (χ3n) is 2.52. The Balaban J connectivity index is 0.000000980. The number of aryl methyl sites for hydroxylation is 1. The molecule has 0 saturated heterocycles. The minimum atomic E-state index is -0.887. The van der Waals surface area contributed by atoms with E-state index in [2.05, 4.69) is 0 Å². The van der Waals surface area contributed by atoms with Crippen LogP contribution in [0.4, 0.5) is 0 Å². The van der Waals surface area contributed by atoms with Crippen molar-refractivity contribution in [2.45, 2.75) is 18.9 Å². The Morgan fingerprint density at radius 2 is 2.21 bits per heavy atom. The number of fused-ring (bicyclic) bond motifs is 1. The summed E-state index contributed by atoms with van der Waals surface area (Å²) in [5.74, 6) is -0.887. The largest absolute Gasteiger partial charge is 0.478 e. The van der Waals surface area contributed by atoms with Crippen molar-refractivity contribution in [1.82, 2.24) is 0 Å². The van der Waals surface area contributed by atoms with E-state index in [1.165, 1.54) is 5.56 Å². The second-order valence-corrected chi connectivity index (χ2v) is 3.36. The monoisotopic (exact) mass is 213 g/mol. The second-order valence-electron chi connectivity index (χ2n) is 3.36. The van der Waals surface area contributed by atoms with Gasteiger partial charge in [0.15, 0.2) is 0 Å². The maximum Gasteiger partial charge on any atom is 0.335 e. The highest BCUT2D eigenvalue weighted by atomic mass is 35.5. The smallest absolute Gasteiger partial charge is 0.335 e. The number of rotatable bonds is 1. The van der Waals surface area contributed by atoms with Crippen molar-refractivity contribution in [2.75, 3.05) is 0 Å². The van der Waals surface area contributed by atoms with Gasteiger partial charge in [-0.25, -0.2) is 4.79 Å². The molecule has 1 atom stereocenters. The molecule has 0 radical (unpaired) electrons. The summed E-state index contributed by atoms with van der Waals surface area (Å²) in [7, 11) is 0. The number of hydrogen-bond donors (Lipinski definition) is 2. The number of carboxylic acids is 1. The molecule has 3 N–H and O–H groups in total. The quantitative estimate of drug-likeness (QED) is 0.747. The first-order chi connectivity index (χ1) is 6.18. The highest BCUT2D eigenvalue weighted by Gasteiger charge is 2.19. The van der Waals surface area contributed by atoms with Gasteiger partial charge in [-0.3, -0.25) is 0 Å². The first kappa shape index (κ1) is 11.0. The van der Waals surface area contributed by atoms with E-state index in [-0.39, 0.29) is 18.4 Å². The molecular formula is C10H12ClNO2. The van der Waals surface area contributed by atoms with Crippen LogP contribution in [0.5, 0.6) is 0 Å². The third kappa shape index (κ3) is 1.74. The molecule has 1 aliphatic rings. The van der Waals surface area contributed by atoms with E-state index in [0.717, 1.165) is 18.4 Å². The van der Waals surface area contributed by atoms with Crippen molar-refractivity contribution >= 4 is 18.4 Å². The molecular weight excluding hydrogens is 202 g/mol. The van der Waals surface area contributed by atoms with Crippen molar-refractivity contribution in [3.05, 3.63) is 34.9 Å². The molecule has 14 heavy (non-hydrogen) atoms. The Labute approximate surface area is 88.3 Å². The Hall–Kier alpha value is -1.06. The minimum Gasteiger partial charge on any atom is -0.478 e. The lowest BCUT2D eigenvalue weighted by atomic mass is 10.0. The number of benzene rings is 1. The van der Waals surface area contributed by atoms with Gasteiger partial charge in [0.2, 0.25) is 0 Å². The van der Waals surface area contributed by atoms with Crippen LogP contribution in [0, 0.1) is 0 Å². The van der Waals surface area contributed by atoms with E-state index in [1.54, 1.807) is 12.1 Å². The van der Waals surface area contributed by atoms with Crippen LogP contribution in [0.3, 0.4) is 0 Å². The molecule has 4 heteroatoms. The topological polar surface area (TPSA) is 63.3 Å². The van der Waals surface area contributed by atoms with Gasteiger partial charge in [-0.15, -0.1) is 12.4 Å². The molecule has 0 saturated carbocycles. The fourth-order valence-electron chi connectivity index (χ4n) is 1.77. The SMILES string of the molecule is Cl.N[C@@H]1CCc2ccc(C(=O)O)cc21. The number of aromatic carboxylic acids is 1. The van der Waals surface area contributed by atoms with Crippen molar-refractivity contribution < 1.29 is 9.90 Å². The molecule has 0 heterocycles. The van der Waals surface area contributed by atoms with Gasteiger partial charge in [-0.1, -0.05) is 6.07 Å². The summed E-state index contributed by atoms with van der Waals surface area (Å²) in [5, 5.41) is 8.76. The van der Waals surface area contributed by atoms with Gasteiger partial charge in [0, 0.05) is 6.04 Å². The number of nitrogens with two attached hydrogens (primary N) is 1. The Morgan fingerprint density at radius 1 is 1.50 bits per heavy atom. The first-order valence-corrected chi connectivity index (χ1v) is 4.30. The molecule has 0 bridgehead atoms. The molecule has 1 aromatic carbocycles. The van der Waals surface area contributed by atoms with Gasteiger partial charge in [0.25, 0.3) is 0 Å². The molecule has 0 fully saturated rings. The standard InChI is InChI=1S/C10H11NO2.ClH/c11-9-4-3-6-1-2-7(10(12)13)5-8(6)9;/h1-2,5,9H,3-4,11H2,(H,12,13);1H/t9-;/m1./s1. The summed E-state index contributed by atoms with van der Waals surface area (Å²) in [6, 6.07) is 5.22. The second kappa shape index (κ2) is 3.98. The molecule has 1 aromatic rings. The van der Waals surface area contributed by atoms with Gasteiger partial charge in [0.05, 0.1) is 5.56 Å². The van der Waals surface area contributed by atoms with Crippen molar-refractivity contribution in [2.24, 2.45) is 5.73 Å². The van der Waals surface area contributed by atoms with Gasteiger partial charge < -0.3 is 10.8 Å². The summed E-state index contributed by atoms with van der Waals surface area (Å²) in [6.45, 7) is 0. The normalized spacial score (nSPS) is 18.5. The predicted octanol–water partition coefficient (Wildman–Crippen LogP) is 1.75. The lowest BCUT2D eigenvalue weighted by molar-refractivity contribution is 0.0697. The molecule has 3 nitrogen and oxygen atoms in total. The maximum atomic E-state index is 10.7. The van der Waals surface area contributed by atoms with Crippen LogP contribution in [0.15, 0.2) is 18.2 Å². The molecule has 0 aliphatic heterocycles. The van der Waals surface area contributed by atoms with Crippen LogP contribution >= 0.6 is 12.4 Å². The number of carbonyl (C=O) groups is 1. The lowest BCUT2D eigenvalue weighted by Gasteiger charge is -2.04. The molecule has 0 amide bonds. The summed E-state index contributed by atoms with van der Waals surface area (Å²) >= 11 is 0. The van der Waals surface area contributed by atoms with E-state index in [0.29, 0.717) is 5.56 Å². The Kier molecular flexibility index (Phi) is 3.13. The average molecular weight is 214 g/mol. The maximum absolute atomic E-state index is 10.7. The zero-order valence-corrected chi connectivity index (χ0v) is 8.38. The summed E-state index contributed by atoms with van der Waals surface area (Å²) in [4.78, 5) is 10.7. The zero-order chi connectivity index (χ0) is 9.42. The van der Waals surface area contributed by atoms with E-state index in [9.17, 15) is 4.79 Å². The number of carboxylic acid groups (broad SMARTS) is 1. The zero-order valence-electron chi connectivity index (χ0n) is 7.56. The Bertz CT molecular complexity index is 365. The highest BCUT2D eigenvalue weighted by molar-refractivity contribution is 5.88. The van der Waals surface area contributed by atoms with Crippen LogP contribution in [-0.4, -0.2) is 11.1 Å². The van der Waals surface area contributed by atoms with Crippen LogP contribution in [0.2, 0.25) is 0 Å². The van der Waals surface area contributed by atoms with Crippen molar-refractivity contribution in [1.29, 1.82) is 0 Å². The molecule has 0 spiro atoms. The first-order valence-electron chi connectivity index (χ1n) is 4.30. The molecule has 1 aliphatic carbocycles. The molecule has 2 rings (SSSR count). The summed E-state index contributed by atoms with van der Waals surface area (Å²) in [5.41, 5.74) is 8.34. The van der Waals surface area contributed by atoms with Crippen molar-refractivity contribution in [3.8, 4) is 0 Å². The Morgan fingerprint density at radius 3 is 2.86 bits per heavy atom. The van der Waals surface area contributed by atoms with E-state index >= 15 is 0 Å². The average Bonchev–Trinajstić information content (AvgIpc) is 2.47. The van der Waals surface area contributed by atoms with Gasteiger partial charge in [-0.2, -0.15) is 0 Å². The van der Waals surface area contributed by atoms with Gasteiger partial charge >= 0.3 is 5.97 Å². The molecule has 0 unspecified atom stereocenters. The van der Waals surface area contributed by atoms with E-state index in [1.807, 2.05) is 6.07 Å². The fraction of sp³-hybridized carbons (Fsp3) is 0.300. The highest BCUT2D eigenvalue weighted by Crippen LogP contribution is 2.29. The van der Waals surface area contributed by atoms with Gasteiger partial charge in [-0.05, 0) is 36.1 Å². The van der Waals surface area contributed by atoms with Crippen LogP contribution < -0.4 is 5.73 Å². The fourth-order valence-corrected chi connectivity index (χ4v) is 1.77. The van der Waals surface area contributed by atoms with E-state index < -0.39 is 5.97 Å². The number of hydrogen-bond acceptors (Lipinski definition) is 2. The number of halogens is 1. The van der Waals surface area contributed by atoms with Crippen LogP contribution in [-0.2, 0) is 6.42 Å². The molecule has 0 aromatic heterocycles. The van der Waals surface area contributed by atoms with Gasteiger partial charge in [0.1, 0.15) is 0 Å². The molecule has 76 valence electrons. The van der Waals surface area contributed by atoms with E-state index in [4.69, 9.17) is 10.8 Å². The summed E-state index contributed by atoms with van der Waals surface area (Å²) < 4.78 is 0. The van der Waals surface area contributed by atoms with Crippen LogP contribution in [0.1, 0.15) is 33.9 Å². The third-order valence-corrected chi connectivity index (χ3v) is 2.52. The van der Waals surface area contributed by atoms with Crippen molar-refractivity contribution in [3.63, 3.8) is 0 Å².